The van der Waals surface area contributed by atoms with Crippen molar-refractivity contribution in [2.75, 3.05) is 20.8 Å². The van der Waals surface area contributed by atoms with E-state index in [2.05, 4.69) is 29.8 Å². The highest BCUT2D eigenvalue weighted by molar-refractivity contribution is 9.10. The molecule has 0 saturated carbocycles. The summed E-state index contributed by atoms with van der Waals surface area (Å²) in [7, 11) is 3.29. The molecular formula is C13H20BrNO2. The molecule has 0 radical (unpaired) electrons. The van der Waals surface area contributed by atoms with E-state index >= 15 is 0 Å². The molecule has 0 aromatic heterocycles. The first kappa shape index (κ1) is 14.3. The van der Waals surface area contributed by atoms with Crippen LogP contribution in [-0.4, -0.2) is 20.8 Å². The summed E-state index contributed by atoms with van der Waals surface area (Å²) >= 11 is 3.57. The van der Waals surface area contributed by atoms with Gasteiger partial charge in [-0.05, 0) is 58.9 Å². The molecule has 1 unspecified atom stereocenters. The number of methoxy groups -OCH3 is 2. The SMILES string of the molecule is COc1cc(C(C)CCN)c(C)c(Br)c1OC. The molecule has 4 heteroatoms. The Hall–Kier alpha value is -0.740. The average Bonchev–Trinajstić information content (AvgIpc) is 2.32. The molecule has 1 aromatic carbocycles. The van der Waals surface area contributed by atoms with E-state index in [4.69, 9.17) is 15.2 Å². The van der Waals surface area contributed by atoms with E-state index in [1.54, 1.807) is 14.2 Å². The lowest BCUT2D eigenvalue weighted by atomic mass is 9.93. The zero-order valence-corrected chi connectivity index (χ0v) is 12.4. The van der Waals surface area contributed by atoms with Gasteiger partial charge in [0.05, 0.1) is 18.7 Å². The third-order valence-corrected chi connectivity index (χ3v) is 3.98. The number of nitrogens with two attached hydrogens (primary N) is 1. The van der Waals surface area contributed by atoms with Crippen LogP contribution in [0.25, 0.3) is 0 Å². The zero-order chi connectivity index (χ0) is 13.0. The van der Waals surface area contributed by atoms with Crippen LogP contribution in [0.2, 0.25) is 0 Å². The van der Waals surface area contributed by atoms with Gasteiger partial charge >= 0.3 is 0 Å². The molecule has 17 heavy (non-hydrogen) atoms. The van der Waals surface area contributed by atoms with Gasteiger partial charge in [0.2, 0.25) is 0 Å². The van der Waals surface area contributed by atoms with Crippen molar-refractivity contribution in [1.82, 2.24) is 0 Å². The van der Waals surface area contributed by atoms with Crippen LogP contribution in [0.15, 0.2) is 10.5 Å². The molecule has 0 aliphatic heterocycles. The molecule has 0 heterocycles. The molecular weight excluding hydrogens is 282 g/mol. The van der Waals surface area contributed by atoms with Crippen molar-refractivity contribution >= 4 is 15.9 Å². The lowest BCUT2D eigenvalue weighted by molar-refractivity contribution is 0.352. The molecule has 1 atom stereocenters. The largest absolute Gasteiger partial charge is 0.493 e. The Bertz CT molecular complexity index is 393. The second-order valence-electron chi connectivity index (χ2n) is 4.12. The monoisotopic (exact) mass is 301 g/mol. The molecule has 96 valence electrons. The highest BCUT2D eigenvalue weighted by atomic mass is 79.9. The van der Waals surface area contributed by atoms with Crippen LogP contribution < -0.4 is 15.2 Å². The van der Waals surface area contributed by atoms with Crippen LogP contribution in [0.3, 0.4) is 0 Å². The summed E-state index contributed by atoms with van der Waals surface area (Å²) in [6, 6.07) is 2.04. The Kier molecular flexibility index (Phi) is 5.28. The van der Waals surface area contributed by atoms with Gasteiger partial charge in [0, 0.05) is 0 Å². The molecule has 0 fully saturated rings. The number of benzene rings is 1. The van der Waals surface area contributed by atoms with E-state index in [0.29, 0.717) is 12.5 Å². The van der Waals surface area contributed by atoms with E-state index in [0.717, 1.165) is 22.4 Å². The van der Waals surface area contributed by atoms with Crippen molar-refractivity contribution in [3.63, 3.8) is 0 Å². The number of rotatable bonds is 5. The molecule has 1 aromatic rings. The maximum absolute atomic E-state index is 5.61. The minimum absolute atomic E-state index is 0.413. The Morgan fingerprint density at radius 1 is 1.35 bits per heavy atom. The van der Waals surface area contributed by atoms with Gasteiger partial charge in [-0.1, -0.05) is 6.92 Å². The van der Waals surface area contributed by atoms with Crippen molar-refractivity contribution in [1.29, 1.82) is 0 Å². The maximum Gasteiger partial charge on any atom is 0.175 e. The predicted molar refractivity (Wildman–Crippen MR) is 74.1 cm³/mol. The fourth-order valence-corrected chi connectivity index (χ4v) is 2.57. The highest BCUT2D eigenvalue weighted by Crippen LogP contribution is 2.41. The van der Waals surface area contributed by atoms with Gasteiger partial charge in [-0.25, -0.2) is 0 Å². The van der Waals surface area contributed by atoms with Crippen LogP contribution in [-0.2, 0) is 0 Å². The van der Waals surface area contributed by atoms with Crippen molar-refractivity contribution in [2.24, 2.45) is 5.73 Å². The third kappa shape index (κ3) is 2.93. The first-order valence-electron chi connectivity index (χ1n) is 5.67. The summed E-state index contributed by atoms with van der Waals surface area (Å²) in [5, 5.41) is 0. The van der Waals surface area contributed by atoms with E-state index in [1.807, 2.05) is 6.07 Å². The van der Waals surface area contributed by atoms with Crippen molar-refractivity contribution in [3.05, 3.63) is 21.7 Å². The highest BCUT2D eigenvalue weighted by Gasteiger charge is 2.18. The summed E-state index contributed by atoms with van der Waals surface area (Å²) in [5.41, 5.74) is 8.05. The van der Waals surface area contributed by atoms with Crippen molar-refractivity contribution in [2.45, 2.75) is 26.2 Å². The van der Waals surface area contributed by atoms with E-state index in [9.17, 15) is 0 Å². The number of hydrogen-bond acceptors (Lipinski definition) is 3. The molecule has 0 aliphatic carbocycles. The molecule has 1 rings (SSSR count). The first-order chi connectivity index (χ1) is 8.06. The summed E-state index contributed by atoms with van der Waals surface area (Å²) in [6.45, 7) is 4.94. The zero-order valence-electron chi connectivity index (χ0n) is 10.8. The topological polar surface area (TPSA) is 44.5 Å². The normalized spacial score (nSPS) is 12.4. The summed E-state index contributed by atoms with van der Waals surface area (Å²) in [6.07, 6.45) is 0.961. The Balaban J connectivity index is 3.28. The molecule has 0 spiro atoms. The lowest BCUT2D eigenvalue weighted by Crippen LogP contribution is -2.07. The number of halogens is 1. The molecule has 0 bridgehead atoms. The Morgan fingerprint density at radius 2 is 2.00 bits per heavy atom. The number of hydrogen-bond donors (Lipinski definition) is 1. The van der Waals surface area contributed by atoms with Crippen molar-refractivity contribution < 1.29 is 9.47 Å². The van der Waals surface area contributed by atoms with E-state index < -0.39 is 0 Å². The van der Waals surface area contributed by atoms with E-state index in [-0.39, 0.29) is 0 Å². The summed E-state index contributed by atoms with van der Waals surface area (Å²) in [4.78, 5) is 0. The second kappa shape index (κ2) is 6.26. The van der Waals surface area contributed by atoms with Gasteiger partial charge in [0.1, 0.15) is 0 Å². The molecule has 0 saturated heterocycles. The minimum atomic E-state index is 0.413. The van der Waals surface area contributed by atoms with Crippen LogP contribution in [0.5, 0.6) is 11.5 Å². The average molecular weight is 302 g/mol. The standard InChI is InChI=1S/C13H20BrNO2/c1-8(5-6-15)10-7-11(16-3)13(17-4)12(14)9(10)2/h7-8H,5-6,15H2,1-4H3. The van der Waals surface area contributed by atoms with Gasteiger partial charge in [0.15, 0.2) is 11.5 Å². The minimum Gasteiger partial charge on any atom is -0.493 e. The van der Waals surface area contributed by atoms with Crippen LogP contribution in [0.4, 0.5) is 0 Å². The summed E-state index contributed by atoms with van der Waals surface area (Å²) in [5.74, 6) is 1.91. The number of ether oxygens (including phenoxy) is 2. The summed E-state index contributed by atoms with van der Waals surface area (Å²) < 4.78 is 11.7. The van der Waals surface area contributed by atoms with Crippen LogP contribution in [0.1, 0.15) is 30.4 Å². The smallest absolute Gasteiger partial charge is 0.175 e. The third-order valence-electron chi connectivity index (χ3n) is 3.03. The predicted octanol–water partition coefficient (Wildman–Crippen LogP) is 3.23. The first-order valence-corrected chi connectivity index (χ1v) is 6.47. The van der Waals surface area contributed by atoms with Gasteiger partial charge in [-0.2, -0.15) is 0 Å². The van der Waals surface area contributed by atoms with Gasteiger partial charge < -0.3 is 15.2 Å². The fourth-order valence-electron chi connectivity index (χ4n) is 1.98. The van der Waals surface area contributed by atoms with Crippen LogP contribution >= 0.6 is 15.9 Å². The lowest BCUT2D eigenvalue weighted by Gasteiger charge is -2.19. The molecule has 3 nitrogen and oxygen atoms in total. The van der Waals surface area contributed by atoms with E-state index in [1.165, 1.54) is 11.1 Å². The Morgan fingerprint density at radius 3 is 2.47 bits per heavy atom. The molecule has 2 N–H and O–H groups in total. The molecule has 0 amide bonds. The van der Waals surface area contributed by atoms with Crippen molar-refractivity contribution in [3.8, 4) is 11.5 Å². The van der Waals surface area contributed by atoms with Gasteiger partial charge in [0.25, 0.3) is 0 Å². The fraction of sp³-hybridized carbons (Fsp3) is 0.538. The maximum atomic E-state index is 5.61. The quantitative estimate of drug-likeness (QED) is 0.908. The molecule has 0 aliphatic rings. The van der Waals surface area contributed by atoms with Gasteiger partial charge in [-0.15, -0.1) is 0 Å². The Labute approximate surface area is 111 Å². The second-order valence-corrected chi connectivity index (χ2v) is 4.91. The van der Waals surface area contributed by atoms with Gasteiger partial charge in [-0.3, -0.25) is 0 Å². The van der Waals surface area contributed by atoms with Crippen LogP contribution in [0, 0.1) is 6.92 Å².